The maximum Gasteiger partial charge on any atom is 0.194 e. The van der Waals surface area contributed by atoms with Gasteiger partial charge in [0, 0.05) is 16.7 Å². The molecule has 2 aromatic carbocycles. The summed E-state index contributed by atoms with van der Waals surface area (Å²) < 4.78 is 0. The van der Waals surface area contributed by atoms with Gasteiger partial charge in [0.1, 0.15) is 0 Å². The highest BCUT2D eigenvalue weighted by Gasteiger charge is 2.22. The van der Waals surface area contributed by atoms with Gasteiger partial charge in [-0.2, -0.15) is 0 Å². The van der Waals surface area contributed by atoms with Gasteiger partial charge in [-0.15, -0.1) is 0 Å². The quantitative estimate of drug-likeness (QED) is 0.771. The van der Waals surface area contributed by atoms with E-state index in [0.29, 0.717) is 11.1 Å². The number of ketones is 2. The molecule has 0 saturated carbocycles. The van der Waals surface area contributed by atoms with Crippen molar-refractivity contribution in [3.8, 4) is 0 Å². The van der Waals surface area contributed by atoms with E-state index in [9.17, 15) is 9.59 Å². The molecule has 2 aromatic rings. The highest BCUT2D eigenvalue weighted by Crippen LogP contribution is 2.28. The molecule has 0 amide bonds. The molecule has 114 valence electrons. The third kappa shape index (κ3) is 2.50. The third-order valence-electron chi connectivity index (χ3n) is 4.78. The van der Waals surface area contributed by atoms with Crippen LogP contribution < -0.4 is 0 Å². The number of hydrogen-bond acceptors (Lipinski definition) is 2. The summed E-state index contributed by atoms with van der Waals surface area (Å²) in [5.74, 6) is -0.146. The third-order valence-corrected chi connectivity index (χ3v) is 4.78. The Bertz CT molecular complexity index is 754. The minimum Gasteiger partial charge on any atom is -0.294 e. The van der Waals surface area contributed by atoms with Crippen molar-refractivity contribution in [3.05, 3.63) is 68.8 Å². The molecule has 0 spiro atoms. The van der Waals surface area contributed by atoms with Crippen molar-refractivity contribution in [2.24, 2.45) is 0 Å². The van der Waals surface area contributed by atoms with Crippen molar-refractivity contribution in [1.29, 1.82) is 0 Å². The molecule has 0 radical (unpaired) electrons. The molecular weight excluding hydrogens is 272 g/mol. The number of carbonyl (C=O) groups excluding carboxylic acids is 2. The van der Waals surface area contributed by atoms with Crippen LogP contribution in [0.25, 0.3) is 0 Å². The first kappa shape index (κ1) is 16.2. The van der Waals surface area contributed by atoms with E-state index in [1.165, 1.54) is 12.5 Å². The Kier molecular flexibility index (Phi) is 4.32. The highest BCUT2D eigenvalue weighted by molar-refractivity contribution is 6.16. The van der Waals surface area contributed by atoms with E-state index in [-0.39, 0.29) is 11.6 Å². The van der Waals surface area contributed by atoms with E-state index >= 15 is 0 Å². The van der Waals surface area contributed by atoms with Gasteiger partial charge in [0.05, 0.1) is 0 Å². The number of benzene rings is 2. The van der Waals surface area contributed by atoms with E-state index in [0.717, 1.165) is 27.8 Å². The van der Waals surface area contributed by atoms with Crippen LogP contribution in [0.3, 0.4) is 0 Å². The maximum atomic E-state index is 13.1. The fourth-order valence-electron chi connectivity index (χ4n) is 2.96. The minimum atomic E-state index is -0.0835. The van der Waals surface area contributed by atoms with Gasteiger partial charge in [-0.3, -0.25) is 9.59 Å². The van der Waals surface area contributed by atoms with Crippen molar-refractivity contribution < 1.29 is 9.59 Å². The summed E-state index contributed by atoms with van der Waals surface area (Å²) in [5.41, 5.74) is 7.23. The van der Waals surface area contributed by atoms with Gasteiger partial charge in [-0.25, -0.2) is 0 Å². The number of hydrogen-bond donors (Lipinski definition) is 0. The molecule has 0 heterocycles. The summed E-state index contributed by atoms with van der Waals surface area (Å²) in [4.78, 5) is 24.9. The van der Waals surface area contributed by atoms with Gasteiger partial charge in [0.2, 0.25) is 0 Å². The van der Waals surface area contributed by atoms with Crippen molar-refractivity contribution in [2.75, 3.05) is 0 Å². The molecule has 0 aromatic heterocycles. The van der Waals surface area contributed by atoms with Gasteiger partial charge in [-0.1, -0.05) is 24.3 Å². The predicted molar refractivity (Wildman–Crippen MR) is 90.0 cm³/mol. The highest BCUT2D eigenvalue weighted by atomic mass is 16.1. The van der Waals surface area contributed by atoms with Crippen LogP contribution in [0.5, 0.6) is 0 Å². The SMILES string of the molecule is CC(=O)c1ccccc1C(=O)c1c(C)c(C)c(C)c(C)c1C. The summed E-state index contributed by atoms with van der Waals surface area (Å²) in [6.07, 6.45) is 0. The van der Waals surface area contributed by atoms with Crippen LogP contribution >= 0.6 is 0 Å². The number of Topliss-reactive ketones (excluding diaryl/α,β-unsaturated/α-hetero) is 1. The summed E-state index contributed by atoms with van der Waals surface area (Å²) >= 11 is 0. The standard InChI is InChI=1S/C20H22O2/c1-11-12(2)14(4)19(15(5)13(11)3)20(22)18-10-8-7-9-17(18)16(6)21/h7-10H,1-6H3. The van der Waals surface area contributed by atoms with Crippen molar-refractivity contribution in [1.82, 2.24) is 0 Å². The molecule has 0 aliphatic carbocycles. The Hall–Kier alpha value is -2.22. The molecule has 0 unspecified atom stereocenters. The fraction of sp³-hybridized carbons (Fsp3) is 0.300. The molecule has 0 fully saturated rings. The fourth-order valence-corrected chi connectivity index (χ4v) is 2.96. The maximum absolute atomic E-state index is 13.1. The number of carbonyl (C=O) groups is 2. The molecule has 0 bridgehead atoms. The second-order valence-corrected chi connectivity index (χ2v) is 5.93. The van der Waals surface area contributed by atoms with Gasteiger partial charge < -0.3 is 0 Å². The Balaban J connectivity index is 2.74. The summed E-state index contributed by atoms with van der Waals surface area (Å²) in [7, 11) is 0. The van der Waals surface area contributed by atoms with Crippen LogP contribution in [0.1, 0.15) is 61.0 Å². The van der Waals surface area contributed by atoms with Crippen LogP contribution in [0.15, 0.2) is 24.3 Å². The molecule has 2 nitrogen and oxygen atoms in total. The summed E-state index contributed by atoms with van der Waals surface area (Å²) in [5, 5.41) is 0. The largest absolute Gasteiger partial charge is 0.294 e. The molecule has 0 saturated heterocycles. The molecular formula is C20H22O2. The Labute approximate surface area is 132 Å². The van der Waals surface area contributed by atoms with Gasteiger partial charge in [-0.05, 0) is 69.4 Å². The molecule has 22 heavy (non-hydrogen) atoms. The summed E-state index contributed by atoms with van der Waals surface area (Å²) in [6, 6.07) is 7.05. The van der Waals surface area contributed by atoms with Crippen LogP contribution in [-0.4, -0.2) is 11.6 Å². The zero-order valence-corrected chi connectivity index (χ0v) is 14.1. The second-order valence-electron chi connectivity index (χ2n) is 5.93. The van der Waals surface area contributed by atoms with E-state index in [2.05, 4.69) is 6.92 Å². The smallest absolute Gasteiger partial charge is 0.194 e. The van der Waals surface area contributed by atoms with Crippen LogP contribution in [0, 0.1) is 34.6 Å². The van der Waals surface area contributed by atoms with E-state index in [1.807, 2.05) is 27.7 Å². The monoisotopic (exact) mass is 294 g/mol. The van der Waals surface area contributed by atoms with E-state index < -0.39 is 0 Å². The van der Waals surface area contributed by atoms with Crippen LogP contribution in [-0.2, 0) is 0 Å². The lowest BCUT2D eigenvalue weighted by Gasteiger charge is -2.18. The van der Waals surface area contributed by atoms with Crippen molar-refractivity contribution >= 4 is 11.6 Å². The summed E-state index contributed by atoms with van der Waals surface area (Å²) in [6.45, 7) is 11.6. The Morgan fingerprint density at radius 3 is 1.55 bits per heavy atom. The average molecular weight is 294 g/mol. The van der Waals surface area contributed by atoms with Crippen LogP contribution in [0.4, 0.5) is 0 Å². The average Bonchev–Trinajstić information content (AvgIpc) is 2.51. The molecule has 0 N–H and O–H groups in total. The van der Waals surface area contributed by atoms with Gasteiger partial charge in [0.15, 0.2) is 11.6 Å². The molecule has 0 atom stereocenters. The second kappa shape index (κ2) is 5.88. The Morgan fingerprint density at radius 1 is 0.682 bits per heavy atom. The number of rotatable bonds is 3. The zero-order valence-electron chi connectivity index (χ0n) is 14.1. The normalized spacial score (nSPS) is 10.6. The molecule has 0 aliphatic rings. The first-order valence-electron chi connectivity index (χ1n) is 7.49. The minimum absolute atomic E-state index is 0.0630. The van der Waals surface area contributed by atoms with E-state index in [1.54, 1.807) is 24.3 Å². The van der Waals surface area contributed by atoms with Crippen LogP contribution in [0.2, 0.25) is 0 Å². The van der Waals surface area contributed by atoms with Gasteiger partial charge in [0.25, 0.3) is 0 Å². The lowest BCUT2D eigenvalue weighted by atomic mass is 9.85. The zero-order chi connectivity index (χ0) is 16.6. The molecule has 0 aliphatic heterocycles. The first-order chi connectivity index (χ1) is 10.3. The van der Waals surface area contributed by atoms with E-state index in [4.69, 9.17) is 0 Å². The molecule has 2 rings (SSSR count). The lowest BCUT2D eigenvalue weighted by Crippen LogP contribution is -2.13. The Morgan fingerprint density at radius 2 is 1.09 bits per heavy atom. The van der Waals surface area contributed by atoms with Crippen molar-refractivity contribution in [2.45, 2.75) is 41.5 Å². The van der Waals surface area contributed by atoms with Gasteiger partial charge >= 0.3 is 0 Å². The first-order valence-corrected chi connectivity index (χ1v) is 7.49. The molecule has 2 heteroatoms. The lowest BCUT2D eigenvalue weighted by molar-refractivity contribution is 0.0990. The topological polar surface area (TPSA) is 34.1 Å². The van der Waals surface area contributed by atoms with Crippen molar-refractivity contribution in [3.63, 3.8) is 0 Å². The predicted octanol–water partition coefficient (Wildman–Crippen LogP) is 4.66.